The van der Waals surface area contributed by atoms with Crippen LogP contribution in [-0.2, 0) is 9.53 Å². The molecule has 1 fully saturated rings. The fraction of sp³-hybridized carbons (Fsp3) is 0.562. The second-order valence-corrected chi connectivity index (χ2v) is 5.32. The van der Waals surface area contributed by atoms with Crippen molar-refractivity contribution < 1.29 is 14.3 Å². The number of hydrogen-bond donors (Lipinski definition) is 2. The number of ether oxygens (including phenoxy) is 2. The molecule has 2 unspecified atom stereocenters. The van der Waals surface area contributed by atoms with Crippen LogP contribution in [-0.4, -0.2) is 45.4 Å². The highest BCUT2D eigenvalue weighted by molar-refractivity contribution is 5.85. The molecule has 0 saturated carbocycles. The van der Waals surface area contributed by atoms with E-state index in [1.165, 1.54) is 5.56 Å². The van der Waals surface area contributed by atoms with E-state index in [2.05, 4.69) is 29.7 Å². The Morgan fingerprint density at radius 2 is 2.18 bits per heavy atom. The zero-order valence-electron chi connectivity index (χ0n) is 13.1. The standard InChI is InChI=1S/C16H24N2O3.ClH/c1-12(13-3-5-14(20-2)6-4-13)7-8-18-16(19)15-11-17-9-10-21-15;/h3-6,12,15,17H,7-11H2,1-2H3,(H,18,19);1H. The van der Waals surface area contributed by atoms with Gasteiger partial charge in [-0.05, 0) is 30.0 Å². The summed E-state index contributed by atoms with van der Waals surface area (Å²) in [6.45, 7) is 4.83. The summed E-state index contributed by atoms with van der Waals surface area (Å²) >= 11 is 0. The van der Waals surface area contributed by atoms with E-state index in [9.17, 15) is 4.79 Å². The molecule has 1 amide bonds. The van der Waals surface area contributed by atoms with E-state index in [1.54, 1.807) is 7.11 Å². The zero-order chi connectivity index (χ0) is 15.1. The quantitative estimate of drug-likeness (QED) is 0.834. The number of rotatable bonds is 6. The number of carbonyl (C=O) groups is 1. The van der Waals surface area contributed by atoms with E-state index in [0.29, 0.717) is 25.6 Å². The van der Waals surface area contributed by atoms with Gasteiger partial charge in [0.05, 0.1) is 13.7 Å². The van der Waals surface area contributed by atoms with Crippen molar-refractivity contribution in [1.29, 1.82) is 0 Å². The zero-order valence-corrected chi connectivity index (χ0v) is 13.9. The van der Waals surface area contributed by atoms with Gasteiger partial charge in [-0.15, -0.1) is 12.4 Å². The van der Waals surface area contributed by atoms with Crippen LogP contribution in [0.1, 0.15) is 24.8 Å². The summed E-state index contributed by atoms with van der Waals surface area (Å²) in [6.07, 6.45) is 0.549. The highest BCUT2D eigenvalue weighted by Gasteiger charge is 2.21. The number of hydrogen-bond acceptors (Lipinski definition) is 4. The minimum absolute atomic E-state index is 0. The molecule has 1 aliphatic heterocycles. The molecule has 0 aromatic heterocycles. The lowest BCUT2D eigenvalue weighted by Crippen LogP contribution is -2.48. The predicted octanol–water partition coefficient (Wildman–Crippen LogP) is 1.72. The van der Waals surface area contributed by atoms with E-state index < -0.39 is 0 Å². The second-order valence-electron chi connectivity index (χ2n) is 5.32. The Labute approximate surface area is 138 Å². The smallest absolute Gasteiger partial charge is 0.250 e. The van der Waals surface area contributed by atoms with Crippen LogP contribution in [0.3, 0.4) is 0 Å². The van der Waals surface area contributed by atoms with Gasteiger partial charge < -0.3 is 20.1 Å². The van der Waals surface area contributed by atoms with Gasteiger partial charge in [0.25, 0.3) is 0 Å². The van der Waals surface area contributed by atoms with Crippen molar-refractivity contribution in [3.63, 3.8) is 0 Å². The van der Waals surface area contributed by atoms with Gasteiger partial charge in [0.1, 0.15) is 11.9 Å². The number of methoxy groups -OCH3 is 1. The van der Waals surface area contributed by atoms with Crippen LogP contribution in [0.5, 0.6) is 5.75 Å². The first kappa shape index (κ1) is 18.7. The Morgan fingerprint density at radius 3 is 2.77 bits per heavy atom. The number of benzene rings is 1. The van der Waals surface area contributed by atoms with Crippen molar-refractivity contribution in [3.8, 4) is 5.75 Å². The van der Waals surface area contributed by atoms with Crippen LogP contribution >= 0.6 is 12.4 Å². The van der Waals surface area contributed by atoms with Crippen LogP contribution in [0.25, 0.3) is 0 Å². The summed E-state index contributed by atoms with van der Waals surface area (Å²) in [7, 11) is 1.66. The molecule has 0 spiro atoms. The van der Waals surface area contributed by atoms with E-state index in [0.717, 1.165) is 18.7 Å². The van der Waals surface area contributed by atoms with Gasteiger partial charge in [0.15, 0.2) is 0 Å². The summed E-state index contributed by atoms with van der Waals surface area (Å²) in [5.41, 5.74) is 1.25. The molecule has 1 aromatic rings. The van der Waals surface area contributed by atoms with Crippen molar-refractivity contribution >= 4 is 18.3 Å². The second kappa shape index (κ2) is 9.66. The summed E-state index contributed by atoms with van der Waals surface area (Å²) < 4.78 is 10.6. The van der Waals surface area contributed by atoms with E-state index in [1.807, 2.05) is 12.1 Å². The molecule has 0 bridgehead atoms. The fourth-order valence-corrected chi connectivity index (χ4v) is 2.36. The van der Waals surface area contributed by atoms with Crippen molar-refractivity contribution in [2.24, 2.45) is 0 Å². The molecule has 2 atom stereocenters. The number of halogens is 1. The molecule has 1 heterocycles. The van der Waals surface area contributed by atoms with Gasteiger partial charge in [0, 0.05) is 19.6 Å². The molecular formula is C16H25ClN2O3. The van der Waals surface area contributed by atoms with Gasteiger partial charge in [-0.25, -0.2) is 0 Å². The van der Waals surface area contributed by atoms with Crippen LogP contribution in [0.2, 0.25) is 0 Å². The lowest BCUT2D eigenvalue weighted by Gasteiger charge is -2.23. The maximum Gasteiger partial charge on any atom is 0.250 e. The molecule has 22 heavy (non-hydrogen) atoms. The third-order valence-electron chi connectivity index (χ3n) is 3.78. The van der Waals surface area contributed by atoms with Crippen LogP contribution in [0, 0.1) is 0 Å². The minimum atomic E-state index is -0.352. The lowest BCUT2D eigenvalue weighted by molar-refractivity contribution is -0.134. The summed E-state index contributed by atoms with van der Waals surface area (Å²) in [5.74, 6) is 1.23. The van der Waals surface area contributed by atoms with Crippen LogP contribution < -0.4 is 15.4 Å². The third-order valence-corrected chi connectivity index (χ3v) is 3.78. The molecule has 0 aliphatic carbocycles. The summed E-state index contributed by atoms with van der Waals surface area (Å²) in [4.78, 5) is 11.9. The van der Waals surface area contributed by atoms with Gasteiger partial charge in [0.2, 0.25) is 5.91 Å². The molecule has 0 radical (unpaired) electrons. The molecular weight excluding hydrogens is 304 g/mol. The predicted molar refractivity (Wildman–Crippen MR) is 88.9 cm³/mol. The van der Waals surface area contributed by atoms with Crippen molar-refractivity contribution in [1.82, 2.24) is 10.6 Å². The third kappa shape index (κ3) is 5.48. The highest BCUT2D eigenvalue weighted by atomic mass is 35.5. The molecule has 2 rings (SSSR count). The maximum atomic E-state index is 11.9. The first-order valence-electron chi connectivity index (χ1n) is 7.44. The highest BCUT2D eigenvalue weighted by Crippen LogP contribution is 2.21. The summed E-state index contributed by atoms with van der Waals surface area (Å²) in [5, 5.41) is 6.10. The van der Waals surface area contributed by atoms with Gasteiger partial charge in [-0.1, -0.05) is 19.1 Å². The average Bonchev–Trinajstić information content (AvgIpc) is 2.55. The monoisotopic (exact) mass is 328 g/mol. The molecule has 2 N–H and O–H groups in total. The SMILES string of the molecule is COc1ccc(C(C)CCNC(=O)C2CNCCO2)cc1.Cl. The minimum Gasteiger partial charge on any atom is -0.497 e. The van der Waals surface area contributed by atoms with Crippen LogP contribution in [0.15, 0.2) is 24.3 Å². The molecule has 6 heteroatoms. The fourth-order valence-electron chi connectivity index (χ4n) is 2.36. The van der Waals surface area contributed by atoms with E-state index >= 15 is 0 Å². The molecule has 1 aliphatic rings. The first-order chi connectivity index (χ1) is 10.2. The Kier molecular flexibility index (Phi) is 8.24. The molecule has 1 aromatic carbocycles. The van der Waals surface area contributed by atoms with Gasteiger partial charge in [-0.3, -0.25) is 4.79 Å². The molecule has 124 valence electrons. The number of amides is 1. The van der Waals surface area contributed by atoms with Crippen LogP contribution in [0.4, 0.5) is 0 Å². The average molecular weight is 329 g/mol. The molecule has 1 saturated heterocycles. The maximum absolute atomic E-state index is 11.9. The molecule has 5 nitrogen and oxygen atoms in total. The largest absolute Gasteiger partial charge is 0.497 e. The topological polar surface area (TPSA) is 59.6 Å². The van der Waals surface area contributed by atoms with Crippen molar-refractivity contribution in [3.05, 3.63) is 29.8 Å². The Hall–Kier alpha value is -1.30. The normalized spacial score (nSPS) is 18.9. The first-order valence-corrected chi connectivity index (χ1v) is 7.44. The summed E-state index contributed by atoms with van der Waals surface area (Å²) in [6, 6.07) is 8.07. The number of carbonyl (C=O) groups excluding carboxylic acids is 1. The number of morpholine rings is 1. The Balaban J connectivity index is 0.00000242. The van der Waals surface area contributed by atoms with Crippen molar-refractivity contribution in [2.75, 3.05) is 33.4 Å². The Bertz CT molecular complexity index is 447. The number of nitrogens with one attached hydrogen (secondary N) is 2. The van der Waals surface area contributed by atoms with E-state index in [-0.39, 0.29) is 24.4 Å². The Morgan fingerprint density at radius 1 is 1.45 bits per heavy atom. The van der Waals surface area contributed by atoms with Crippen molar-refractivity contribution in [2.45, 2.75) is 25.4 Å². The van der Waals surface area contributed by atoms with E-state index in [4.69, 9.17) is 9.47 Å². The lowest BCUT2D eigenvalue weighted by atomic mass is 9.98. The van der Waals surface area contributed by atoms with Gasteiger partial charge >= 0.3 is 0 Å². The van der Waals surface area contributed by atoms with Gasteiger partial charge in [-0.2, -0.15) is 0 Å².